The first kappa shape index (κ1) is 11.0. The summed E-state index contributed by atoms with van der Waals surface area (Å²) >= 11 is 3.47. The zero-order valence-corrected chi connectivity index (χ0v) is 10.5. The van der Waals surface area contributed by atoms with Gasteiger partial charge in [0.05, 0.1) is 0 Å². The molecule has 82 valence electrons. The van der Waals surface area contributed by atoms with E-state index in [-0.39, 0.29) is 0 Å². The van der Waals surface area contributed by atoms with Gasteiger partial charge in [-0.2, -0.15) is 0 Å². The highest BCUT2D eigenvalue weighted by atomic mass is 79.9. The van der Waals surface area contributed by atoms with Crippen LogP contribution in [-0.2, 0) is 0 Å². The summed E-state index contributed by atoms with van der Waals surface area (Å²) < 4.78 is 1.10. The molecule has 2 aromatic rings. The molecule has 4 heteroatoms. The Morgan fingerprint density at radius 2 is 1.94 bits per heavy atom. The minimum atomic E-state index is 0.513. The van der Waals surface area contributed by atoms with Crippen molar-refractivity contribution in [1.29, 1.82) is 0 Å². The van der Waals surface area contributed by atoms with Gasteiger partial charge in [0.2, 0.25) is 0 Å². The van der Waals surface area contributed by atoms with Crippen molar-refractivity contribution < 1.29 is 0 Å². The van der Waals surface area contributed by atoms with E-state index < -0.39 is 0 Å². The SMILES string of the molecule is Cc1cc(Nc2ccnc(N)c2)ccc1Br. The van der Waals surface area contributed by atoms with E-state index in [0.717, 1.165) is 15.8 Å². The number of nitrogen functional groups attached to an aromatic ring is 1. The fourth-order valence-corrected chi connectivity index (χ4v) is 1.66. The van der Waals surface area contributed by atoms with Gasteiger partial charge < -0.3 is 11.1 Å². The molecule has 0 bridgehead atoms. The number of rotatable bonds is 2. The molecule has 0 aliphatic rings. The third kappa shape index (κ3) is 2.52. The second kappa shape index (κ2) is 4.53. The predicted molar refractivity (Wildman–Crippen MR) is 70.8 cm³/mol. The maximum atomic E-state index is 5.61. The molecule has 0 atom stereocenters. The molecule has 1 heterocycles. The zero-order chi connectivity index (χ0) is 11.5. The van der Waals surface area contributed by atoms with Gasteiger partial charge in [-0.15, -0.1) is 0 Å². The van der Waals surface area contributed by atoms with Crippen molar-refractivity contribution in [2.45, 2.75) is 6.92 Å². The lowest BCUT2D eigenvalue weighted by molar-refractivity contribution is 1.33. The summed E-state index contributed by atoms with van der Waals surface area (Å²) in [6, 6.07) is 9.78. The smallest absolute Gasteiger partial charge is 0.125 e. The van der Waals surface area contributed by atoms with Crippen molar-refractivity contribution in [1.82, 2.24) is 4.98 Å². The number of halogens is 1. The third-order valence-electron chi connectivity index (χ3n) is 2.23. The molecule has 2 rings (SSSR count). The van der Waals surface area contributed by atoms with Gasteiger partial charge in [0.1, 0.15) is 5.82 Å². The van der Waals surface area contributed by atoms with Gasteiger partial charge in [0, 0.05) is 28.1 Å². The van der Waals surface area contributed by atoms with Crippen LogP contribution in [0.4, 0.5) is 17.2 Å². The minimum absolute atomic E-state index is 0.513. The summed E-state index contributed by atoms with van der Waals surface area (Å²) in [5.41, 5.74) is 8.77. The quantitative estimate of drug-likeness (QED) is 0.884. The van der Waals surface area contributed by atoms with E-state index in [1.165, 1.54) is 5.56 Å². The van der Waals surface area contributed by atoms with Crippen molar-refractivity contribution in [3.8, 4) is 0 Å². The number of benzene rings is 1. The standard InChI is InChI=1S/C12H12BrN3/c1-8-6-9(2-3-11(8)13)16-10-4-5-15-12(14)7-10/h2-7H,1H3,(H3,14,15,16). The Morgan fingerprint density at radius 3 is 2.62 bits per heavy atom. The van der Waals surface area contributed by atoms with E-state index in [1.54, 1.807) is 12.3 Å². The lowest BCUT2D eigenvalue weighted by Gasteiger charge is -2.08. The second-order valence-corrected chi connectivity index (χ2v) is 4.41. The molecular formula is C12H12BrN3. The highest BCUT2D eigenvalue weighted by molar-refractivity contribution is 9.10. The van der Waals surface area contributed by atoms with Gasteiger partial charge in [0.15, 0.2) is 0 Å². The molecule has 3 N–H and O–H groups in total. The van der Waals surface area contributed by atoms with E-state index in [1.807, 2.05) is 18.2 Å². The molecule has 0 aliphatic carbocycles. The van der Waals surface area contributed by atoms with Crippen LogP contribution in [0.15, 0.2) is 41.0 Å². The van der Waals surface area contributed by atoms with Crippen molar-refractivity contribution in [3.63, 3.8) is 0 Å². The Labute approximate surface area is 103 Å². The number of anilines is 3. The van der Waals surface area contributed by atoms with Gasteiger partial charge in [-0.05, 0) is 36.8 Å². The van der Waals surface area contributed by atoms with Crippen molar-refractivity contribution in [3.05, 3.63) is 46.6 Å². The number of hydrogen-bond donors (Lipinski definition) is 2. The summed E-state index contributed by atoms with van der Waals surface area (Å²) in [4.78, 5) is 3.94. The van der Waals surface area contributed by atoms with Crippen LogP contribution in [0.5, 0.6) is 0 Å². The fraction of sp³-hybridized carbons (Fsp3) is 0.0833. The Kier molecular flexibility index (Phi) is 3.10. The molecular weight excluding hydrogens is 266 g/mol. The fourth-order valence-electron chi connectivity index (χ4n) is 1.42. The Morgan fingerprint density at radius 1 is 1.19 bits per heavy atom. The van der Waals surface area contributed by atoms with E-state index in [4.69, 9.17) is 5.73 Å². The van der Waals surface area contributed by atoms with Gasteiger partial charge >= 0.3 is 0 Å². The lowest BCUT2D eigenvalue weighted by atomic mass is 10.2. The number of hydrogen-bond acceptors (Lipinski definition) is 3. The van der Waals surface area contributed by atoms with Crippen LogP contribution in [0.3, 0.4) is 0 Å². The number of nitrogens with two attached hydrogens (primary N) is 1. The molecule has 0 amide bonds. The molecule has 0 saturated carbocycles. The van der Waals surface area contributed by atoms with Crippen LogP contribution >= 0.6 is 15.9 Å². The first-order chi connectivity index (χ1) is 7.65. The molecule has 16 heavy (non-hydrogen) atoms. The molecule has 0 unspecified atom stereocenters. The summed E-state index contributed by atoms with van der Waals surface area (Å²) in [6.07, 6.45) is 1.68. The molecule has 0 radical (unpaired) electrons. The molecule has 1 aromatic carbocycles. The number of pyridine rings is 1. The molecule has 0 spiro atoms. The maximum Gasteiger partial charge on any atom is 0.125 e. The van der Waals surface area contributed by atoms with Crippen LogP contribution < -0.4 is 11.1 Å². The first-order valence-electron chi connectivity index (χ1n) is 4.90. The van der Waals surface area contributed by atoms with Crippen LogP contribution in [0.25, 0.3) is 0 Å². The minimum Gasteiger partial charge on any atom is -0.384 e. The zero-order valence-electron chi connectivity index (χ0n) is 8.87. The van der Waals surface area contributed by atoms with Crippen LogP contribution in [-0.4, -0.2) is 4.98 Å². The average Bonchev–Trinajstić information content (AvgIpc) is 2.24. The largest absolute Gasteiger partial charge is 0.384 e. The molecule has 1 aromatic heterocycles. The molecule has 0 fully saturated rings. The summed E-state index contributed by atoms with van der Waals surface area (Å²) in [5, 5.41) is 3.27. The highest BCUT2D eigenvalue weighted by Gasteiger charge is 1.98. The maximum absolute atomic E-state index is 5.61. The van der Waals surface area contributed by atoms with Crippen LogP contribution in [0, 0.1) is 6.92 Å². The summed E-state index contributed by atoms with van der Waals surface area (Å²) in [6.45, 7) is 2.05. The van der Waals surface area contributed by atoms with Gasteiger partial charge in [0.25, 0.3) is 0 Å². The van der Waals surface area contributed by atoms with E-state index >= 15 is 0 Å². The normalized spacial score (nSPS) is 10.1. The highest BCUT2D eigenvalue weighted by Crippen LogP contribution is 2.23. The van der Waals surface area contributed by atoms with E-state index in [2.05, 4.69) is 39.2 Å². The summed E-state index contributed by atoms with van der Waals surface area (Å²) in [5.74, 6) is 0.513. The van der Waals surface area contributed by atoms with Crippen molar-refractivity contribution in [2.24, 2.45) is 0 Å². The van der Waals surface area contributed by atoms with Gasteiger partial charge in [-0.25, -0.2) is 4.98 Å². The van der Waals surface area contributed by atoms with Crippen LogP contribution in [0.2, 0.25) is 0 Å². The van der Waals surface area contributed by atoms with E-state index in [0.29, 0.717) is 5.82 Å². The Balaban J connectivity index is 2.24. The number of nitrogens with zero attached hydrogens (tertiary/aromatic N) is 1. The third-order valence-corrected chi connectivity index (χ3v) is 3.12. The molecule has 0 aliphatic heterocycles. The molecule has 3 nitrogen and oxygen atoms in total. The average molecular weight is 278 g/mol. The van der Waals surface area contributed by atoms with E-state index in [9.17, 15) is 0 Å². The lowest BCUT2D eigenvalue weighted by Crippen LogP contribution is -1.94. The number of aromatic nitrogens is 1. The molecule has 0 saturated heterocycles. The topological polar surface area (TPSA) is 50.9 Å². The van der Waals surface area contributed by atoms with Crippen molar-refractivity contribution in [2.75, 3.05) is 11.1 Å². The number of nitrogens with one attached hydrogen (secondary N) is 1. The predicted octanol–water partition coefficient (Wildman–Crippen LogP) is 3.48. The van der Waals surface area contributed by atoms with Crippen LogP contribution in [0.1, 0.15) is 5.56 Å². The Hall–Kier alpha value is -1.55. The number of aryl methyl sites for hydroxylation is 1. The monoisotopic (exact) mass is 277 g/mol. The van der Waals surface area contributed by atoms with Gasteiger partial charge in [-0.3, -0.25) is 0 Å². The first-order valence-corrected chi connectivity index (χ1v) is 5.69. The second-order valence-electron chi connectivity index (χ2n) is 3.56. The van der Waals surface area contributed by atoms with Crippen molar-refractivity contribution >= 4 is 33.1 Å². The summed E-state index contributed by atoms with van der Waals surface area (Å²) in [7, 11) is 0. The Bertz CT molecular complexity index is 511. The van der Waals surface area contributed by atoms with Gasteiger partial charge in [-0.1, -0.05) is 15.9 Å².